The molecule has 0 nitrogen and oxygen atoms in total. The highest BCUT2D eigenvalue weighted by atomic mass is 19.3. The quantitative estimate of drug-likeness (QED) is 0.672. The van der Waals surface area contributed by atoms with Gasteiger partial charge in [-0.3, -0.25) is 0 Å². The minimum atomic E-state index is -2.45. The molecule has 2 rings (SSSR count). The molecule has 0 amide bonds. The highest BCUT2D eigenvalue weighted by Crippen LogP contribution is 2.55. The predicted octanol–water partition coefficient (Wildman–Crippen LogP) is 3.93. The van der Waals surface area contributed by atoms with Gasteiger partial charge in [-0.25, -0.2) is 8.78 Å². The van der Waals surface area contributed by atoms with Crippen LogP contribution in [0.1, 0.15) is 43.2 Å². The Hall–Kier alpha value is -0.920. The van der Waals surface area contributed by atoms with Gasteiger partial charge in [-0.15, -0.1) is 0 Å². The van der Waals surface area contributed by atoms with Crippen LogP contribution in [0.5, 0.6) is 0 Å². The van der Waals surface area contributed by atoms with Crippen LogP contribution in [-0.2, 0) is 0 Å². The second-order valence-electron chi connectivity index (χ2n) is 4.34. The van der Waals surface area contributed by atoms with Crippen LogP contribution in [0.25, 0.3) is 0 Å². The third kappa shape index (κ3) is 1.66. The summed E-state index contributed by atoms with van der Waals surface area (Å²) in [4.78, 5) is 0. The smallest absolute Gasteiger partial charge is 0.206 e. The summed E-state index contributed by atoms with van der Waals surface area (Å²) in [5.41, 5.74) is 1.94. The number of benzene rings is 1. The van der Waals surface area contributed by atoms with E-state index in [4.69, 9.17) is 0 Å². The SMILES string of the molecule is CC(C)c1cccc(C2CC2(F)F)c1. The predicted molar refractivity (Wildman–Crippen MR) is 52.8 cm³/mol. The molecule has 0 heterocycles. The van der Waals surface area contributed by atoms with Crippen molar-refractivity contribution in [1.82, 2.24) is 0 Å². The van der Waals surface area contributed by atoms with Crippen molar-refractivity contribution in [2.75, 3.05) is 0 Å². The molecule has 1 aliphatic carbocycles. The maximum Gasteiger partial charge on any atom is 0.255 e. The maximum absolute atomic E-state index is 12.8. The fourth-order valence-electron chi connectivity index (χ4n) is 1.71. The normalized spacial score (nSPS) is 23.9. The van der Waals surface area contributed by atoms with Crippen LogP contribution >= 0.6 is 0 Å². The Morgan fingerprint density at radius 2 is 2.00 bits per heavy atom. The van der Waals surface area contributed by atoms with Crippen molar-refractivity contribution < 1.29 is 8.78 Å². The molecule has 2 heteroatoms. The molecule has 0 radical (unpaired) electrons. The molecule has 0 aromatic heterocycles. The van der Waals surface area contributed by atoms with Crippen molar-refractivity contribution in [2.45, 2.75) is 38.0 Å². The average Bonchev–Trinajstić information content (AvgIpc) is 2.75. The van der Waals surface area contributed by atoms with Gasteiger partial charge in [0.1, 0.15) is 0 Å². The molecule has 0 aliphatic heterocycles. The van der Waals surface area contributed by atoms with Gasteiger partial charge in [0.15, 0.2) is 0 Å². The first-order chi connectivity index (χ1) is 6.50. The van der Waals surface area contributed by atoms with Crippen molar-refractivity contribution >= 4 is 0 Å². The molecule has 0 spiro atoms. The minimum absolute atomic E-state index is 0.0224. The lowest BCUT2D eigenvalue weighted by atomic mass is 9.99. The van der Waals surface area contributed by atoms with E-state index in [0.717, 1.165) is 11.1 Å². The third-order valence-electron chi connectivity index (χ3n) is 2.81. The van der Waals surface area contributed by atoms with Crippen LogP contribution in [-0.4, -0.2) is 5.92 Å². The topological polar surface area (TPSA) is 0 Å². The van der Waals surface area contributed by atoms with Gasteiger partial charge < -0.3 is 0 Å². The van der Waals surface area contributed by atoms with Gasteiger partial charge in [0.2, 0.25) is 0 Å². The lowest BCUT2D eigenvalue weighted by Gasteiger charge is -2.07. The average molecular weight is 196 g/mol. The zero-order chi connectivity index (χ0) is 10.3. The zero-order valence-corrected chi connectivity index (χ0v) is 8.43. The molecule has 1 fully saturated rings. The first kappa shape index (κ1) is 9.63. The second kappa shape index (κ2) is 3.04. The lowest BCUT2D eigenvalue weighted by Crippen LogP contribution is -1.94. The Morgan fingerprint density at radius 3 is 2.50 bits per heavy atom. The molecule has 0 saturated heterocycles. The molecule has 1 aliphatic rings. The lowest BCUT2D eigenvalue weighted by molar-refractivity contribution is 0.112. The Morgan fingerprint density at radius 1 is 1.36 bits per heavy atom. The first-order valence-corrected chi connectivity index (χ1v) is 4.98. The van der Waals surface area contributed by atoms with E-state index in [-0.39, 0.29) is 6.42 Å². The summed E-state index contributed by atoms with van der Waals surface area (Å²) in [6.45, 7) is 4.15. The number of alkyl halides is 2. The standard InChI is InChI=1S/C12H14F2/c1-8(2)9-4-3-5-10(6-9)11-7-12(11,13)14/h3-6,8,11H,7H2,1-2H3. The van der Waals surface area contributed by atoms with E-state index >= 15 is 0 Å². The summed E-state index contributed by atoms with van der Waals surface area (Å²) in [6.07, 6.45) is 0.0224. The van der Waals surface area contributed by atoms with Crippen LogP contribution in [0.4, 0.5) is 8.78 Å². The van der Waals surface area contributed by atoms with E-state index in [9.17, 15) is 8.78 Å². The van der Waals surface area contributed by atoms with Crippen LogP contribution < -0.4 is 0 Å². The molecule has 0 N–H and O–H groups in total. The van der Waals surface area contributed by atoms with E-state index in [0.29, 0.717) is 5.92 Å². The molecular weight excluding hydrogens is 182 g/mol. The maximum atomic E-state index is 12.8. The highest BCUT2D eigenvalue weighted by molar-refractivity contribution is 5.33. The molecule has 1 aromatic carbocycles. The molecule has 14 heavy (non-hydrogen) atoms. The van der Waals surface area contributed by atoms with E-state index < -0.39 is 11.8 Å². The Balaban J connectivity index is 2.24. The van der Waals surface area contributed by atoms with E-state index in [1.165, 1.54) is 0 Å². The monoisotopic (exact) mass is 196 g/mol. The van der Waals surface area contributed by atoms with E-state index in [1.807, 2.05) is 18.2 Å². The largest absolute Gasteiger partial charge is 0.255 e. The van der Waals surface area contributed by atoms with Crippen LogP contribution in [0.15, 0.2) is 24.3 Å². The van der Waals surface area contributed by atoms with Gasteiger partial charge in [0, 0.05) is 6.42 Å². The Labute approximate surface area is 82.9 Å². The Bertz CT molecular complexity index is 342. The van der Waals surface area contributed by atoms with E-state index in [2.05, 4.69) is 13.8 Å². The number of hydrogen-bond acceptors (Lipinski definition) is 0. The Kier molecular flexibility index (Phi) is 2.09. The third-order valence-corrected chi connectivity index (χ3v) is 2.81. The van der Waals surface area contributed by atoms with Crippen LogP contribution in [0.3, 0.4) is 0 Å². The molecule has 1 atom stereocenters. The van der Waals surface area contributed by atoms with Gasteiger partial charge in [-0.05, 0) is 17.0 Å². The van der Waals surface area contributed by atoms with Crippen molar-refractivity contribution in [3.8, 4) is 0 Å². The minimum Gasteiger partial charge on any atom is -0.206 e. The van der Waals surface area contributed by atoms with Crippen molar-refractivity contribution in [3.05, 3.63) is 35.4 Å². The van der Waals surface area contributed by atoms with Crippen LogP contribution in [0.2, 0.25) is 0 Å². The van der Waals surface area contributed by atoms with Gasteiger partial charge in [0.05, 0.1) is 5.92 Å². The summed E-state index contributed by atoms with van der Waals surface area (Å²) in [5, 5.41) is 0. The number of halogens is 2. The van der Waals surface area contributed by atoms with Crippen LogP contribution in [0, 0.1) is 0 Å². The number of hydrogen-bond donors (Lipinski definition) is 0. The van der Waals surface area contributed by atoms with Crippen molar-refractivity contribution in [1.29, 1.82) is 0 Å². The molecular formula is C12H14F2. The summed E-state index contributed by atoms with van der Waals surface area (Å²) < 4.78 is 25.6. The van der Waals surface area contributed by atoms with Crippen molar-refractivity contribution in [2.24, 2.45) is 0 Å². The van der Waals surface area contributed by atoms with Gasteiger partial charge in [-0.1, -0.05) is 38.1 Å². The van der Waals surface area contributed by atoms with E-state index in [1.54, 1.807) is 6.07 Å². The summed E-state index contributed by atoms with van der Waals surface area (Å²) in [6, 6.07) is 7.58. The fraction of sp³-hybridized carbons (Fsp3) is 0.500. The zero-order valence-electron chi connectivity index (χ0n) is 8.43. The molecule has 1 unspecified atom stereocenters. The number of rotatable bonds is 2. The summed E-state index contributed by atoms with van der Waals surface area (Å²) in [5.74, 6) is -2.57. The van der Waals surface area contributed by atoms with Crippen molar-refractivity contribution in [3.63, 3.8) is 0 Å². The summed E-state index contributed by atoms with van der Waals surface area (Å²) in [7, 11) is 0. The molecule has 1 saturated carbocycles. The highest BCUT2D eigenvalue weighted by Gasteiger charge is 2.57. The summed E-state index contributed by atoms with van der Waals surface area (Å²) >= 11 is 0. The van der Waals surface area contributed by atoms with Gasteiger partial charge >= 0.3 is 0 Å². The second-order valence-corrected chi connectivity index (χ2v) is 4.34. The van der Waals surface area contributed by atoms with Gasteiger partial charge in [0.25, 0.3) is 5.92 Å². The van der Waals surface area contributed by atoms with Gasteiger partial charge in [-0.2, -0.15) is 0 Å². The fourth-order valence-corrected chi connectivity index (χ4v) is 1.71. The molecule has 1 aromatic rings. The molecule has 76 valence electrons. The first-order valence-electron chi connectivity index (χ1n) is 4.98. The molecule has 0 bridgehead atoms.